The highest BCUT2D eigenvalue weighted by atomic mass is 35.5. The number of aliphatic hydroxyl groups excluding tert-OH is 1. The van der Waals surface area contributed by atoms with Gasteiger partial charge in [0.15, 0.2) is 0 Å². The number of H-pyrrole nitrogens is 1. The second-order valence-electron chi connectivity index (χ2n) is 7.26. The molecule has 0 fully saturated rings. The fourth-order valence-corrected chi connectivity index (χ4v) is 4.06. The molecule has 2 unspecified atom stereocenters. The van der Waals surface area contributed by atoms with Crippen molar-refractivity contribution >= 4 is 34.2 Å². The van der Waals surface area contributed by atoms with Crippen LogP contribution in [0.3, 0.4) is 0 Å². The molecule has 4 rings (SSSR count). The van der Waals surface area contributed by atoms with Crippen molar-refractivity contribution in [3.05, 3.63) is 56.6 Å². The molecule has 0 spiro atoms. The Hall–Kier alpha value is -1.66. The largest absolute Gasteiger partial charge is 0.385 e. The van der Waals surface area contributed by atoms with Gasteiger partial charge in [-0.05, 0) is 44.9 Å². The highest BCUT2D eigenvalue weighted by molar-refractivity contribution is 6.31. The van der Waals surface area contributed by atoms with E-state index in [9.17, 15) is 5.11 Å². The highest BCUT2D eigenvalue weighted by Crippen LogP contribution is 2.35. The molecule has 0 radical (unpaired) electrons. The van der Waals surface area contributed by atoms with Crippen molar-refractivity contribution in [1.82, 2.24) is 19.9 Å². The predicted octanol–water partition coefficient (Wildman–Crippen LogP) is 4.53. The Morgan fingerprint density at radius 2 is 2.07 bits per heavy atom. The summed E-state index contributed by atoms with van der Waals surface area (Å²) >= 11 is 12.3. The molecule has 3 aromatic rings. The van der Waals surface area contributed by atoms with E-state index in [4.69, 9.17) is 23.2 Å². The Morgan fingerprint density at radius 1 is 1.30 bits per heavy atom. The summed E-state index contributed by atoms with van der Waals surface area (Å²) in [5, 5.41) is 12.0. The Bertz CT molecular complexity index is 1020. The summed E-state index contributed by atoms with van der Waals surface area (Å²) in [6, 6.07) is 3.94. The van der Waals surface area contributed by atoms with E-state index < -0.39 is 6.10 Å². The first-order chi connectivity index (χ1) is 12.8. The van der Waals surface area contributed by atoms with Gasteiger partial charge in [-0.1, -0.05) is 23.2 Å². The quantitative estimate of drug-likeness (QED) is 0.672. The lowest BCUT2D eigenvalue weighted by atomic mass is 9.99. The van der Waals surface area contributed by atoms with Crippen molar-refractivity contribution in [3.8, 4) is 0 Å². The van der Waals surface area contributed by atoms with Crippen LogP contribution in [0, 0.1) is 13.8 Å². The van der Waals surface area contributed by atoms with Crippen LogP contribution in [-0.4, -0.2) is 38.0 Å². The van der Waals surface area contributed by atoms with Gasteiger partial charge in [-0.2, -0.15) is 0 Å². The van der Waals surface area contributed by atoms with Crippen LogP contribution >= 0.6 is 23.2 Å². The minimum Gasteiger partial charge on any atom is -0.385 e. The highest BCUT2D eigenvalue weighted by Gasteiger charge is 2.29. The van der Waals surface area contributed by atoms with Crippen LogP contribution < -0.4 is 0 Å². The second-order valence-corrected chi connectivity index (χ2v) is 8.08. The number of hydrogen-bond acceptors (Lipinski definition) is 4. The molecule has 4 heterocycles. The molecule has 0 bridgehead atoms. The fraction of sp³-hybridized carbons (Fsp3) is 0.400. The first-order valence-corrected chi connectivity index (χ1v) is 9.82. The monoisotopic (exact) mass is 404 g/mol. The molecule has 0 saturated carbocycles. The molecule has 7 heteroatoms. The first-order valence-electron chi connectivity index (χ1n) is 9.07. The van der Waals surface area contributed by atoms with Gasteiger partial charge in [0.05, 0.1) is 32.5 Å². The number of aryl methyl sites for hydroxylation is 2. The van der Waals surface area contributed by atoms with Crippen molar-refractivity contribution in [2.75, 3.05) is 13.1 Å². The lowest BCUT2D eigenvalue weighted by molar-refractivity contribution is 0.0829. The molecular weight excluding hydrogens is 383 g/mol. The fourth-order valence-electron chi connectivity index (χ4n) is 3.80. The van der Waals surface area contributed by atoms with Gasteiger partial charge in [0.2, 0.25) is 0 Å². The van der Waals surface area contributed by atoms with Gasteiger partial charge in [0, 0.05) is 36.6 Å². The van der Waals surface area contributed by atoms with Crippen LogP contribution in [0.5, 0.6) is 0 Å². The third-order valence-electron chi connectivity index (χ3n) is 5.46. The number of fused-ring (bicyclic) bond motifs is 3. The number of hydrogen-bond donors (Lipinski definition) is 2. The van der Waals surface area contributed by atoms with Crippen LogP contribution in [0.4, 0.5) is 0 Å². The summed E-state index contributed by atoms with van der Waals surface area (Å²) in [5.41, 5.74) is 6.80. The van der Waals surface area contributed by atoms with Crippen molar-refractivity contribution in [3.63, 3.8) is 0 Å². The van der Waals surface area contributed by atoms with Crippen LogP contribution in [0.25, 0.3) is 11.0 Å². The van der Waals surface area contributed by atoms with E-state index >= 15 is 0 Å². The van der Waals surface area contributed by atoms with Crippen LogP contribution in [0.15, 0.2) is 18.3 Å². The van der Waals surface area contributed by atoms with E-state index in [1.54, 1.807) is 6.20 Å². The zero-order chi connectivity index (χ0) is 19.3. The average molecular weight is 405 g/mol. The van der Waals surface area contributed by atoms with Gasteiger partial charge < -0.3 is 10.1 Å². The third-order valence-corrected chi connectivity index (χ3v) is 6.24. The maximum atomic E-state index is 10.7. The minimum absolute atomic E-state index is 0.144. The summed E-state index contributed by atoms with van der Waals surface area (Å²) < 4.78 is 0. The van der Waals surface area contributed by atoms with E-state index in [1.165, 1.54) is 5.56 Å². The normalized spacial score (nSPS) is 18.7. The molecule has 0 aliphatic carbocycles. The number of nitrogens with zero attached hydrogens (tertiary/aromatic N) is 3. The predicted molar refractivity (Wildman–Crippen MR) is 108 cm³/mol. The van der Waals surface area contributed by atoms with Gasteiger partial charge in [-0.25, -0.2) is 4.98 Å². The Balaban J connectivity index is 1.59. The number of aromatic amines is 1. The van der Waals surface area contributed by atoms with E-state index in [2.05, 4.69) is 26.8 Å². The Morgan fingerprint density at radius 3 is 2.81 bits per heavy atom. The van der Waals surface area contributed by atoms with Crippen LogP contribution in [0.1, 0.15) is 47.3 Å². The van der Waals surface area contributed by atoms with Crippen molar-refractivity contribution in [2.45, 2.75) is 39.3 Å². The molecule has 2 atom stereocenters. The van der Waals surface area contributed by atoms with Gasteiger partial charge in [0.25, 0.3) is 0 Å². The molecule has 1 aliphatic heterocycles. The molecule has 0 saturated heterocycles. The molecule has 5 nitrogen and oxygen atoms in total. The van der Waals surface area contributed by atoms with Gasteiger partial charge in [0.1, 0.15) is 6.10 Å². The molecule has 2 N–H and O–H groups in total. The van der Waals surface area contributed by atoms with Crippen molar-refractivity contribution < 1.29 is 5.11 Å². The smallest absolute Gasteiger partial charge is 0.109 e. The molecule has 0 amide bonds. The molecule has 27 heavy (non-hydrogen) atoms. The molecule has 142 valence electrons. The van der Waals surface area contributed by atoms with Crippen molar-refractivity contribution in [2.24, 2.45) is 0 Å². The molecule has 3 aromatic heterocycles. The molecule has 1 aliphatic rings. The van der Waals surface area contributed by atoms with Gasteiger partial charge in [-0.3, -0.25) is 9.88 Å². The standard InChI is InChI=1S/C20H22Cl2N4O/c1-10-6-16(23-8-15(10)22)18(27)9-26-5-4-13-19(12(26)3)25-17-7-14(21)11(2)24-20(13)17/h6-8,12,18,25,27H,4-5,9H2,1-3H3. The summed E-state index contributed by atoms with van der Waals surface area (Å²) in [7, 11) is 0. The summed E-state index contributed by atoms with van der Waals surface area (Å²) in [6.45, 7) is 7.36. The maximum Gasteiger partial charge on any atom is 0.109 e. The number of halogens is 2. The van der Waals surface area contributed by atoms with Gasteiger partial charge in [-0.15, -0.1) is 0 Å². The molecule has 0 aromatic carbocycles. The van der Waals surface area contributed by atoms with Crippen LogP contribution in [0.2, 0.25) is 10.0 Å². The van der Waals surface area contributed by atoms with E-state index in [0.717, 1.165) is 41.0 Å². The van der Waals surface area contributed by atoms with E-state index in [-0.39, 0.29) is 6.04 Å². The topological polar surface area (TPSA) is 65.0 Å². The number of pyridine rings is 2. The Labute approximate surface area is 168 Å². The van der Waals surface area contributed by atoms with E-state index in [0.29, 0.717) is 22.3 Å². The SMILES string of the molecule is Cc1cc(C(O)CN2CCc3c([nH]c4cc(Cl)c(C)nc34)C2C)ncc1Cl. The number of aromatic nitrogens is 3. The third kappa shape index (κ3) is 3.34. The summed E-state index contributed by atoms with van der Waals surface area (Å²) in [5.74, 6) is 0. The zero-order valence-electron chi connectivity index (χ0n) is 15.6. The average Bonchev–Trinajstić information content (AvgIpc) is 2.98. The lowest BCUT2D eigenvalue weighted by Gasteiger charge is -2.34. The van der Waals surface area contributed by atoms with Gasteiger partial charge >= 0.3 is 0 Å². The first kappa shape index (κ1) is 18.7. The summed E-state index contributed by atoms with van der Waals surface area (Å²) in [4.78, 5) is 14.7. The summed E-state index contributed by atoms with van der Waals surface area (Å²) in [6.07, 6.45) is 1.82. The second kappa shape index (κ2) is 7.06. The minimum atomic E-state index is -0.663. The molecular formula is C20H22Cl2N4O. The van der Waals surface area contributed by atoms with Crippen molar-refractivity contribution in [1.29, 1.82) is 0 Å². The number of rotatable bonds is 3. The lowest BCUT2D eigenvalue weighted by Crippen LogP contribution is -2.37. The maximum absolute atomic E-state index is 10.7. The number of nitrogens with one attached hydrogen (secondary N) is 1. The Kier molecular flexibility index (Phi) is 4.89. The number of aliphatic hydroxyl groups is 1. The zero-order valence-corrected chi connectivity index (χ0v) is 17.1. The van der Waals surface area contributed by atoms with Crippen LogP contribution in [-0.2, 0) is 6.42 Å². The number of β-amino-alcohol motifs (C(OH)–C–C–N with tert-alkyl or cyclic N) is 1. The van der Waals surface area contributed by atoms with E-state index in [1.807, 2.05) is 26.0 Å².